The van der Waals surface area contributed by atoms with Gasteiger partial charge in [0, 0.05) is 10.2 Å². The Balaban J connectivity index is 2.39. The number of aryl methyl sites for hydroxylation is 1. The molecule has 1 aromatic heterocycles. The van der Waals surface area contributed by atoms with Crippen LogP contribution in [0.25, 0.3) is 16.7 Å². The maximum absolute atomic E-state index is 13.8. The summed E-state index contributed by atoms with van der Waals surface area (Å²) in [7, 11) is 0. The van der Waals surface area contributed by atoms with Crippen molar-refractivity contribution in [1.82, 2.24) is 9.55 Å². The fraction of sp³-hybridized carbons (Fsp3) is 0.0714. The van der Waals surface area contributed by atoms with Gasteiger partial charge in [0.2, 0.25) is 0 Å². The highest BCUT2D eigenvalue weighted by Gasteiger charge is 2.10. The Labute approximate surface area is 123 Å². The van der Waals surface area contributed by atoms with Gasteiger partial charge in [0.05, 0.1) is 5.52 Å². The molecule has 0 saturated carbocycles. The topological polar surface area (TPSA) is 20.7 Å². The van der Waals surface area contributed by atoms with Gasteiger partial charge >= 0.3 is 0 Å². The fourth-order valence-corrected chi connectivity index (χ4v) is 3.10. The average molecular weight is 337 g/mol. The summed E-state index contributed by atoms with van der Waals surface area (Å²) in [5.41, 5.74) is 3.19. The molecule has 0 amide bonds. The normalized spacial score (nSPS) is 11.1. The molecule has 1 heterocycles. The van der Waals surface area contributed by atoms with Crippen LogP contribution in [0.15, 0.2) is 40.9 Å². The summed E-state index contributed by atoms with van der Waals surface area (Å²) in [6.07, 6.45) is 0. The van der Waals surface area contributed by atoms with Crippen molar-refractivity contribution in [2.24, 2.45) is 0 Å². The summed E-state index contributed by atoms with van der Waals surface area (Å²) >= 11 is 8.78. The first-order valence-electron chi connectivity index (χ1n) is 5.73. The second kappa shape index (κ2) is 4.58. The van der Waals surface area contributed by atoms with Gasteiger partial charge in [-0.05, 0) is 55.0 Å². The van der Waals surface area contributed by atoms with Gasteiger partial charge in [0.1, 0.15) is 11.3 Å². The van der Waals surface area contributed by atoms with Crippen molar-refractivity contribution >= 4 is 39.2 Å². The third kappa shape index (κ3) is 2.13. The molecule has 0 aliphatic rings. The Kier molecular flexibility index (Phi) is 3.03. The number of benzene rings is 2. The van der Waals surface area contributed by atoms with E-state index in [9.17, 15) is 4.39 Å². The van der Waals surface area contributed by atoms with E-state index in [4.69, 9.17) is 12.2 Å². The van der Waals surface area contributed by atoms with E-state index in [0.717, 1.165) is 21.2 Å². The number of hydrogen-bond donors (Lipinski definition) is 1. The molecule has 5 heteroatoms. The molecule has 0 bridgehead atoms. The van der Waals surface area contributed by atoms with Crippen LogP contribution in [0, 0.1) is 17.5 Å². The highest BCUT2D eigenvalue weighted by Crippen LogP contribution is 2.24. The number of aromatic nitrogens is 2. The summed E-state index contributed by atoms with van der Waals surface area (Å²) in [4.78, 5) is 2.92. The molecular formula is C14H10BrFN2S. The minimum atomic E-state index is -0.297. The molecule has 0 aliphatic heterocycles. The smallest absolute Gasteiger partial charge is 0.182 e. The van der Waals surface area contributed by atoms with Crippen LogP contribution in [0.5, 0.6) is 0 Å². The first-order valence-corrected chi connectivity index (χ1v) is 6.93. The zero-order chi connectivity index (χ0) is 13.6. The molecule has 19 heavy (non-hydrogen) atoms. The van der Waals surface area contributed by atoms with Crippen molar-refractivity contribution in [1.29, 1.82) is 0 Å². The lowest BCUT2D eigenvalue weighted by atomic mass is 10.2. The van der Waals surface area contributed by atoms with Crippen LogP contribution in [0.2, 0.25) is 0 Å². The maximum Gasteiger partial charge on any atom is 0.182 e. The molecule has 0 radical (unpaired) electrons. The zero-order valence-corrected chi connectivity index (χ0v) is 12.5. The Morgan fingerprint density at radius 2 is 2.05 bits per heavy atom. The van der Waals surface area contributed by atoms with Gasteiger partial charge in [-0.1, -0.05) is 22.0 Å². The van der Waals surface area contributed by atoms with Crippen LogP contribution in [-0.4, -0.2) is 9.55 Å². The quantitative estimate of drug-likeness (QED) is 0.627. The summed E-state index contributed by atoms with van der Waals surface area (Å²) in [5.74, 6) is -0.297. The van der Waals surface area contributed by atoms with Crippen LogP contribution in [0.3, 0.4) is 0 Å². The molecule has 0 spiro atoms. The second-order valence-electron chi connectivity index (χ2n) is 4.39. The van der Waals surface area contributed by atoms with E-state index in [2.05, 4.69) is 20.9 Å². The van der Waals surface area contributed by atoms with Crippen molar-refractivity contribution in [3.8, 4) is 5.69 Å². The highest BCUT2D eigenvalue weighted by molar-refractivity contribution is 9.10. The molecule has 0 atom stereocenters. The summed E-state index contributed by atoms with van der Waals surface area (Å²) in [6, 6.07) is 10.9. The molecule has 3 rings (SSSR count). The molecule has 3 aromatic rings. The number of imidazole rings is 1. The minimum absolute atomic E-state index is 0.297. The van der Waals surface area contributed by atoms with E-state index in [0.29, 0.717) is 10.3 Å². The second-order valence-corrected chi connectivity index (χ2v) is 5.69. The third-order valence-corrected chi connectivity index (χ3v) is 3.70. The van der Waals surface area contributed by atoms with Crippen molar-refractivity contribution in [3.63, 3.8) is 0 Å². The van der Waals surface area contributed by atoms with Gasteiger partial charge in [-0.25, -0.2) is 4.39 Å². The molecule has 2 aromatic carbocycles. The van der Waals surface area contributed by atoms with Gasteiger partial charge < -0.3 is 4.98 Å². The number of nitrogens with one attached hydrogen (secondary N) is 1. The molecule has 2 nitrogen and oxygen atoms in total. The van der Waals surface area contributed by atoms with Crippen LogP contribution in [0.1, 0.15) is 5.56 Å². The zero-order valence-electron chi connectivity index (χ0n) is 10.1. The Morgan fingerprint density at radius 3 is 2.79 bits per heavy atom. The van der Waals surface area contributed by atoms with E-state index in [1.807, 2.05) is 35.8 Å². The van der Waals surface area contributed by atoms with Gasteiger partial charge in [-0.3, -0.25) is 4.57 Å². The number of halogens is 2. The minimum Gasteiger partial charge on any atom is -0.328 e. The highest BCUT2D eigenvalue weighted by atomic mass is 79.9. The molecule has 0 fully saturated rings. The third-order valence-electron chi connectivity index (χ3n) is 2.95. The number of rotatable bonds is 1. The predicted molar refractivity (Wildman–Crippen MR) is 80.9 cm³/mol. The van der Waals surface area contributed by atoms with E-state index in [1.165, 1.54) is 6.07 Å². The molecular weight excluding hydrogens is 327 g/mol. The number of H-pyrrole nitrogens is 1. The molecule has 0 unspecified atom stereocenters. The van der Waals surface area contributed by atoms with Gasteiger partial charge in [-0.15, -0.1) is 0 Å². The lowest BCUT2D eigenvalue weighted by Crippen LogP contribution is -1.94. The monoisotopic (exact) mass is 336 g/mol. The van der Waals surface area contributed by atoms with Crippen LogP contribution in [-0.2, 0) is 0 Å². The largest absolute Gasteiger partial charge is 0.328 e. The van der Waals surface area contributed by atoms with Gasteiger partial charge in [0.15, 0.2) is 4.77 Å². The average Bonchev–Trinajstić information content (AvgIpc) is 2.65. The van der Waals surface area contributed by atoms with Crippen molar-refractivity contribution in [2.75, 3.05) is 0 Å². The van der Waals surface area contributed by atoms with Crippen molar-refractivity contribution in [3.05, 3.63) is 57.0 Å². The first kappa shape index (κ1) is 12.6. The number of aromatic amines is 1. The number of fused-ring (bicyclic) bond motifs is 1. The van der Waals surface area contributed by atoms with E-state index in [-0.39, 0.29) is 5.82 Å². The Bertz CT molecular complexity index is 815. The van der Waals surface area contributed by atoms with E-state index < -0.39 is 0 Å². The Morgan fingerprint density at radius 1 is 1.26 bits per heavy atom. The fourth-order valence-electron chi connectivity index (χ4n) is 2.20. The standard InChI is InChI=1S/C14H10BrFN2S/c1-8-5-9(15)7-10(6-8)18-12-4-2-3-11(16)13(12)17-14(18)19/h2-7H,1H3,(H,17,19). The van der Waals surface area contributed by atoms with Gasteiger partial charge in [-0.2, -0.15) is 0 Å². The van der Waals surface area contributed by atoms with E-state index in [1.54, 1.807) is 6.07 Å². The Hall–Kier alpha value is -1.46. The molecule has 96 valence electrons. The SMILES string of the molecule is Cc1cc(Br)cc(-n2c(=S)[nH]c3c(F)cccc32)c1. The maximum atomic E-state index is 13.8. The van der Waals surface area contributed by atoms with Crippen LogP contribution in [0.4, 0.5) is 4.39 Å². The lowest BCUT2D eigenvalue weighted by molar-refractivity contribution is 0.637. The number of hydrogen-bond acceptors (Lipinski definition) is 1. The summed E-state index contributed by atoms with van der Waals surface area (Å²) in [6.45, 7) is 2.01. The first-order chi connectivity index (χ1) is 9.06. The molecule has 0 saturated heterocycles. The van der Waals surface area contributed by atoms with Crippen molar-refractivity contribution < 1.29 is 4.39 Å². The summed E-state index contributed by atoms with van der Waals surface area (Å²) < 4.78 is 17.0. The van der Waals surface area contributed by atoms with Crippen LogP contribution < -0.4 is 0 Å². The number of nitrogens with zero attached hydrogens (tertiary/aromatic N) is 1. The number of para-hydroxylation sites is 1. The summed E-state index contributed by atoms with van der Waals surface area (Å²) in [5, 5.41) is 0. The molecule has 1 N–H and O–H groups in total. The van der Waals surface area contributed by atoms with Crippen molar-refractivity contribution in [2.45, 2.75) is 6.92 Å². The lowest BCUT2D eigenvalue weighted by Gasteiger charge is -2.07. The molecule has 0 aliphatic carbocycles. The predicted octanol–water partition coefficient (Wildman–Crippen LogP) is 4.90. The van der Waals surface area contributed by atoms with Gasteiger partial charge in [0.25, 0.3) is 0 Å². The van der Waals surface area contributed by atoms with E-state index >= 15 is 0 Å². The van der Waals surface area contributed by atoms with Crippen LogP contribution >= 0.6 is 28.1 Å².